The van der Waals surface area contributed by atoms with Crippen LogP contribution in [-0.4, -0.2) is 23.0 Å². The highest BCUT2D eigenvalue weighted by atomic mass is 35.5. The molecule has 0 aliphatic heterocycles. The predicted octanol–water partition coefficient (Wildman–Crippen LogP) is 9.09. The monoisotopic (exact) mass is 669 g/mol. The van der Waals surface area contributed by atoms with Gasteiger partial charge in [-0.3, -0.25) is 14.4 Å². The minimum Gasteiger partial charge on any atom is -0.457 e. The molecule has 5 aromatic rings. The average molecular weight is 671 g/mol. The van der Waals surface area contributed by atoms with Gasteiger partial charge in [-0.25, -0.2) is 0 Å². The predicted molar refractivity (Wildman–Crippen MR) is 186 cm³/mol. The second-order valence-electron chi connectivity index (χ2n) is 10.3. The molecule has 5 rings (SSSR count). The number of nitrogens with one attached hydrogen (secondary N) is 3. The van der Waals surface area contributed by atoms with Crippen LogP contribution < -0.4 is 16.0 Å². The highest BCUT2D eigenvalue weighted by Gasteiger charge is 2.18. The maximum atomic E-state index is 13.5. The normalized spacial score (nSPS) is 11.9. The van der Waals surface area contributed by atoms with Crippen LogP contribution in [0.1, 0.15) is 28.6 Å². The van der Waals surface area contributed by atoms with Crippen molar-refractivity contribution in [2.24, 2.45) is 0 Å². The second kappa shape index (κ2) is 15.0. The van der Waals surface area contributed by atoms with Crippen LogP contribution in [-0.2, 0) is 9.59 Å². The molecule has 1 heterocycles. The molecule has 232 valence electrons. The molecule has 1 atom stereocenters. The first-order valence-corrected chi connectivity index (χ1v) is 15.9. The molecule has 10 heteroatoms. The number of carbonyl (C=O) groups is 3. The van der Waals surface area contributed by atoms with Crippen LogP contribution >= 0.6 is 35.0 Å². The number of hydrogen-bond donors (Lipinski definition) is 3. The largest absolute Gasteiger partial charge is 0.457 e. The Balaban J connectivity index is 1.28. The summed E-state index contributed by atoms with van der Waals surface area (Å²) in [6.45, 7) is 3.79. The minimum atomic E-state index is -0.537. The zero-order chi connectivity index (χ0) is 32.6. The van der Waals surface area contributed by atoms with Gasteiger partial charge < -0.3 is 20.4 Å². The number of anilines is 2. The standard InChI is InChI=1S/C36H29Cl2N3O4S/c1-22-8-10-24(11-9-22)33-19-15-28(45-33)21-32(41-35(43)25-6-4-3-5-7-25)36(44)39-27-13-16-29(17-14-27)46-23(2)34(42)40-31-18-12-26(37)20-30(31)38/h3-21,23H,1-2H3,(H,39,44)(H,40,42)(H,41,43)/b32-21-/t23-/m0/s1. The van der Waals surface area contributed by atoms with Crippen molar-refractivity contribution in [1.82, 2.24) is 5.32 Å². The van der Waals surface area contributed by atoms with E-state index in [-0.39, 0.29) is 11.6 Å². The van der Waals surface area contributed by atoms with Crippen LogP contribution in [0.3, 0.4) is 0 Å². The molecule has 0 unspecified atom stereocenters. The number of benzene rings is 4. The molecular formula is C36H29Cl2N3O4S. The van der Waals surface area contributed by atoms with Crippen LogP contribution in [0, 0.1) is 6.92 Å². The van der Waals surface area contributed by atoms with Crippen molar-refractivity contribution in [1.29, 1.82) is 0 Å². The number of rotatable bonds is 10. The van der Waals surface area contributed by atoms with Crippen molar-refractivity contribution < 1.29 is 18.8 Å². The molecule has 0 bridgehead atoms. The first-order chi connectivity index (χ1) is 22.1. The van der Waals surface area contributed by atoms with E-state index in [1.807, 2.05) is 37.3 Å². The van der Waals surface area contributed by atoms with E-state index < -0.39 is 17.1 Å². The number of carbonyl (C=O) groups excluding carboxylic acids is 3. The van der Waals surface area contributed by atoms with Gasteiger partial charge >= 0.3 is 0 Å². The van der Waals surface area contributed by atoms with Gasteiger partial charge in [-0.1, -0.05) is 71.2 Å². The van der Waals surface area contributed by atoms with Crippen LogP contribution in [0.4, 0.5) is 11.4 Å². The van der Waals surface area contributed by atoms with Crippen LogP contribution in [0.25, 0.3) is 17.4 Å². The van der Waals surface area contributed by atoms with Gasteiger partial charge in [0, 0.05) is 32.8 Å². The van der Waals surface area contributed by atoms with Crippen LogP contribution in [0.15, 0.2) is 124 Å². The summed E-state index contributed by atoms with van der Waals surface area (Å²) in [5.41, 5.74) is 3.40. The van der Waals surface area contributed by atoms with E-state index in [4.69, 9.17) is 27.6 Å². The molecule has 0 saturated carbocycles. The number of furan rings is 1. The van der Waals surface area contributed by atoms with E-state index in [1.165, 1.54) is 17.8 Å². The summed E-state index contributed by atoms with van der Waals surface area (Å²) in [4.78, 5) is 40.0. The Morgan fingerprint density at radius 3 is 2.24 bits per heavy atom. The smallest absolute Gasteiger partial charge is 0.272 e. The van der Waals surface area contributed by atoms with Gasteiger partial charge in [0.2, 0.25) is 5.91 Å². The molecular weight excluding hydrogens is 641 g/mol. The second-order valence-corrected chi connectivity index (χ2v) is 12.6. The third-order valence-electron chi connectivity index (χ3n) is 6.76. The van der Waals surface area contributed by atoms with E-state index in [1.54, 1.807) is 85.8 Å². The summed E-state index contributed by atoms with van der Waals surface area (Å²) in [6.07, 6.45) is 1.49. The molecule has 0 aliphatic rings. The summed E-state index contributed by atoms with van der Waals surface area (Å²) < 4.78 is 5.99. The maximum Gasteiger partial charge on any atom is 0.272 e. The lowest BCUT2D eigenvalue weighted by Crippen LogP contribution is -2.30. The Labute approximate surface area is 281 Å². The molecule has 4 aromatic carbocycles. The summed E-state index contributed by atoms with van der Waals surface area (Å²) in [7, 11) is 0. The number of amides is 3. The van der Waals surface area contributed by atoms with Gasteiger partial charge in [-0.05, 0) is 80.6 Å². The Bertz CT molecular complexity index is 1890. The molecule has 0 saturated heterocycles. The quantitative estimate of drug-likeness (QED) is 0.102. The third kappa shape index (κ3) is 8.69. The molecule has 0 aliphatic carbocycles. The number of aryl methyl sites for hydroxylation is 1. The SMILES string of the molecule is Cc1ccc(-c2ccc(/C=C(\NC(=O)c3ccccc3)C(=O)Nc3ccc(S[C@@H](C)C(=O)Nc4ccc(Cl)cc4Cl)cc3)o2)cc1. The number of halogens is 2. The highest BCUT2D eigenvalue weighted by Crippen LogP contribution is 2.29. The summed E-state index contributed by atoms with van der Waals surface area (Å²) >= 11 is 13.5. The number of thioether (sulfide) groups is 1. The van der Waals surface area contributed by atoms with E-state index in [2.05, 4.69) is 16.0 Å². The van der Waals surface area contributed by atoms with Crippen molar-refractivity contribution in [2.75, 3.05) is 10.6 Å². The van der Waals surface area contributed by atoms with Crippen molar-refractivity contribution >= 4 is 70.1 Å². The first-order valence-electron chi connectivity index (χ1n) is 14.2. The van der Waals surface area contributed by atoms with E-state index >= 15 is 0 Å². The fourth-order valence-electron chi connectivity index (χ4n) is 4.29. The molecule has 0 fully saturated rings. The Morgan fingerprint density at radius 2 is 1.54 bits per heavy atom. The molecule has 1 aromatic heterocycles. The van der Waals surface area contributed by atoms with E-state index in [9.17, 15) is 14.4 Å². The molecule has 3 N–H and O–H groups in total. The van der Waals surface area contributed by atoms with Gasteiger partial charge in [0.25, 0.3) is 11.8 Å². The summed E-state index contributed by atoms with van der Waals surface area (Å²) in [6, 6.07) is 32.0. The van der Waals surface area contributed by atoms with E-state index in [0.29, 0.717) is 38.5 Å². The van der Waals surface area contributed by atoms with Gasteiger partial charge in [0.1, 0.15) is 17.2 Å². The summed E-state index contributed by atoms with van der Waals surface area (Å²) in [5, 5.41) is 8.76. The van der Waals surface area contributed by atoms with Gasteiger partial charge in [0.15, 0.2) is 0 Å². The zero-order valence-electron chi connectivity index (χ0n) is 24.8. The molecule has 0 spiro atoms. The minimum absolute atomic E-state index is 0.00302. The van der Waals surface area contributed by atoms with Gasteiger partial charge in [-0.2, -0.15) is 0 Å². The lowest BCUT2D eigenvalue weighted by Gasteiger charge is -2.14. The fraction of sp³-hybridized carbons (Fsp3) is 0.0833. The van der Waals surface area contributed by atoms with Crippen molar-refractivity contribution in [3.8, 4) is 11.3 Å². The summed E-state index contributed by atoms with van der Waals surface area (Å²) in [5.74, 6) is -0.170. The van der Waals surface area contributed by atoms with Crippen LogP contribution in [0.5, 0.6) is 0 Å². The number of hydrogen-bond acceptors (Lipinski definition) is 5. The third-order valence-corrected chi connectivity index (χ3v) is 8.42. The van der Waals surface area contributed by atoms with Crippen molar-refractivity contribution in [3.63, 3.8) is 0 Å². The first kappa shape index (κ1) is 32.6. The van der Waals surface area contributed by atoms with Crippen LogP contribution in [0.2, 0.25) is 10.0 Å². The highest BCUT2D eigenvalue weighted by molar-refractivity contribution is 8.00. The average Bonchev–Trinajstić information content (AvgIpc) is 3.52. The fourth-order valence-corrected chi connectivity index (χ4v) is 5.61. The van der Waals surface area contributed by atoms with Crippen molar-refractivity contribution in [2.45, 2.75) is 24.0 Å². The topological polar surface area (TPSA) is 100 Å². The maximum absolute atomic E-state index is 13.5. The molecule has 0 radical (unpaired) electrons. The van der Waals surface area contributed by atoms with E-state index in [0.717, 1.165) is 16.0 Å². The Hall–Kier alpha value is -4.76. The van der Waals surface area contributed by atoms with Crippen molar-refractivity contribution in [3.05, 3.63) is 142 Å². The molecule has 46 heavy (non-hydrogen) atoms. The zero-order valence-corrected chi connectivity index (χ0v) is 27.2. The Morgan fingerprint density at radius 1 is 0.826 bits per heavy atom. The molecule has 7 nitrogen and oxygen atoms in total. The van der Waals surface area contributed by atoms with Gasteiger partial charge in [-0.15, -0.1) is 11.8 Å². The molecule has 3 amide bonds. The Kier molecular flexibility index (Phi) is 10.6. The lowest BCUT2D eigenvalue weighted by atomic mass is 10.1. The lowest BCUT2D eigenvalue weighted by molar-refractivity contribution is -0.115. The van der Waals surface area contributed by atoms with Gasteiger partial charge in [0.05, 0.1) is 16.0 Å².